The van der Waals surface area contributed by atoms with Crippen molar-refractivity contribution in [1.82, 2.24) is 5.32 Å². The maximum Gasteiger partial charge on any atom is 0.222 e. The monoisotopic (exact) mass is 443 g/mol. The summed E-state index contributed by atoms with van der Waals surface area (Å²) in [6, 6.07) is 29.6. The van der Waals surface area contributed by atoms with Gasteiger partial charge in [-0.05, 0) is 35.4 Å². The zero-order chi connectivity index (χ0) is 23.3. The first-order valence-corrected chi connectivity index (χ1v) is 12.1. The Kier molecular flexibility index (Phi) is 7.33. The van der Waals surface area contributed by atoms with Crippen LogP contribution in [0.5, 0.6) is 0 Å². The Labute approximate surface area is 199 Å². The molecule has 0 spiro atoms. The van der Waals surface area contributed by atoms with Crippen molar-refractivity contribution < 1.29 is 9.47 Å². The Balaban J connectivity index is 1.32. The van der Waals surface area contributed by atoms with E-state index in [-0.39, 0.29) is 11.5 Å². The Bertz CT molecular complexity index is 953. The molecule has 0 bridgehead atoms. The SMILES string of the molecule is CC(CNCC1COC(c2ccccc2)(c2ccccc2)O1)Cc1ccc(C(C)(C)C)cc1. The van der Waals surface area contributed by atoms with Gasteiger partial charge in [-0.25, -0.2) is 0 Å². The highest BCUT2D eigenvalue weighted by Crippen LogP contribution is 2.40. The first-order chi connectivity index (χ1) is 15.9. The number of nitrogens with one attached hydrogen (secondary N) is 1. The quantitative estimate of drug-likeness (QED) is 0.458. The van der Waals surface area contributed by atoms with Gasteiger partial charge < -0.3 is 14.8 Å². The number of rotatable bonds is 8. The molecule has 0 amide bonds. The predicted molar refractivity (Wildman–Crippen MR) is 135 cm³/mol. The van der Waals surface area contributed by atoms with E-state index in [2.05, 4.69) is 81.5 Å². The summed E-state index contributed by atoms with van der Waals surface area (Å²) in [5.74, 6) is -0.296. The molecule has 3 aromatic rings. The molecule has 0 aliphatic carbocycles. The van der Waals surface area contributed by atoms with Crippen LogP contribution in [-0.2, 0) is 27.1 Å². The largest absolute Gasteiger partial charge is 0.339 e. The van der Waals surface area contributed by atoms with Crippen molar-refractivity contribution >= 4 is 0 Å². The van der Waals surface area contributed by atoms with Crippen LogP contribution in [0.2, 0.25) is 0 Å². The maximum absolute atomic E-state index is 6.58. The maximum atomic E-state index is 6.58. The second-order valence-corrected chi connectivity index (χ2v) is 10.3. The lowest BCUT2D eigenvalue weighted by molar-refractivity contribution is -0.142. The molecule has 0 aromatic heterocycles. The van der Waals surface area contributed by atoms with Crippen LogP contribution in [0.15, 0.2) is 84.9 Å². The summed E-state index contributed by atoms with van der Waals surface area (Å²) < 4.78 is 12.9. The van der Waals surface area contributed by atoms with Crippen molar-refractivity contribution in [2.24, 2.45) is 5.92 Å². The van der Waals surface area contributed by atoms with Gasteiger partial charge in [0.1, 0.15) is 0 Å². The van der Waals surface area contributed by atoms with Crippen LogP contribution in [0, 0.1) is 5.92 Å². The molecule has 3 aromatic carbocycles. The number of benzene rings is 3. The van der Waals surface area contributed by atoms with Crippen LogP contribution in [0.25, 0.3) is 0 Å². The summed E-state index contributed by atoms with van der Waals surface area (Å²) in [5.41, 5.74) is 5.04. The van der Waals surface area contributed by atoms with Crippen molar-refractivity contribution in [1.29, 1.82) is 0 Å². The summed E-state index contributed by atoms with van der Waals surface area (Å²) in [6.07, 6.45) is 1.07. The van der Waals surface area contributed by atoms with E-state index in [1.165, 1.54) is 11.1 Å². The van der Waals surface area contributed by atoms with Gasteiger partial charge in [-0.2, -0.15) is 0 Å². The van der Waals surface area contributed by atoms with Gasteiger partial charge >= 0.3 is 0 Å². The molecule has 1 aliphatic rings. The zero-order valence-corrected chi connectivity index (χ0v) is 20.4. The standard InChI is InChI=1S/C30H37NO2/c1-23(19-24-15-17-25(18-16-24)29(2,3)4)20-31-21-28-22-32-30(33-28,26-11-7-5-8-12-26)27-13-9-6-10-14-27/h5-18,23,28,31H,19-22H2,1-4H3. The first kappa shape index (κ1) is 23.7. The van der Waals surface area contributed by atoms with Gasteiger partial charge in [-0.3, -0.25) is 0 Å². The highest BCUT2D eigenvalue weighted by atomic mass is 16.7. The van der Waals surface area contributed by atoms with E-state index in [1.54, 1.807) is 0 Å². The van der Waals surface area contributed by atoms with Crippen molar-refractivity contribution in [2.75, 3.05) is 19.7 Å². The van der Waals surface area contributed by atoms with Gasteiger partial charge in [-0.1, -0.05) is 113 Å². The summed E-state index contributed by atoms with van der Waals surface area (Å²) in [6.45, 7) is 11.4. The molecule has 4 rings (SSSR count). The van der Waals surface area contributed by atoms with Crippen LogP contribution < -0.4 is 5.32 Å². The van der Waals surface area contributed by atoms with Gasteiger partial charge in [0.2, 0.25) is 5.79 Å². The van der Waals surface area contributed by atoms with E-state index in [9.17, 15) is 0 Å². The topological polar surface area (TPSA) is 30.5 Å². The zero-order valence-electron chi connectivity index (χ0n) is 20.4. The molecule has 174 valence electrons. The minimum atomic E-state index is -0.838. The molecule has 1 N–H and O–H groups in total. The van der Waals surface area contributed by atoms with E-state index >= 15 is 0 Å². The summed E-state index contributed by atoms with van der Waals surface area (Å²) in [4.78, 5) is 0. The third-order valence-corrected chi connectivity index (χ3v) is 6.38. The summed E-state index contributed by atoms with van der Waals surface area (Å²) >= 11 is 0. The second-order valence-electron chi connectivity index (χ2n) is 10.3. The molecule has 2 atom stereocenters. The van der Waals surface area contributed by atoms with Crippen LogP contribution >= 0.6 is 0 Å². The summed E-state index contributed by atoms with van der Waals surface area (Å²) in [5, 5.41) is 3.62. The first-order valence-electron chi connectivity index (χ1n) is 12.1. The Morgan fingerprint density at radius 2 is 1.45 bits per heavy atom. The number of hydrogen-bond donors (Lipinski definition) is 1. The van der Waals surface area contributed by atoms with Crippen LogP contribution in [0.4, 0.5) is 0 Å². The molecule has 0 saturated carbocycles. The van der Waals surface area contributed by atoms with Gasteiger partial charge in [0.15, 0.2) is 0 Å². The third-order valence-electron chi connectivity index (χ3n) is 6.38. The van der Waals surface area contributed by atoms with Crippen molar-refractivity contribution in [2.45, 2.75) is 51.4 Å². The molecule has 1 fully saturated rings. The Morgan fingerprint density at radius 1 is 0.879 bits per heavy atom. The van der Waals surface area contributed by atoms with Gasteiger partial charge in [0.05, 0.1) is 12.7 Å². The lowest BCUT2D eigenvalue weighted by Gasteiger charge is -2.29. The molecule has 1 aliphatic heterocycles. The van der Waals surface area contributed by atoms with E-state index in [1.807, 2.05) is 36.4 Å². The molecular formula is C30H37NO2. The van der Waals surface area contributed by atoms with Gasteiger partial charge in [0, 0.05) is 17.7 Å². The normalized spacial score (nSPS) is 18.8. The Hall–Kier alpha value is -2.46. The van der Waals surface area contributed by atoms with Gasteiger partial charge in [0.25, 0.3) is 0 Å². The van der Waals surface area contributed by atoms with E-state index < -0.39 is 5.79 Å². The van der Waals surface area contributed by atoms with E-state index in [0.717, 1.165) is 30.6 Å². The molecule has 33 heavy (non-hydrogen) atoms. The highest BCUT2D eigenvalue weighted by molar-refractivity contribution is 5.34. The van der Waals surface area contributed by atoms with Crippen molar-refractivity contribution in [3.05, 3.63) is 107 Å². The average Bonchev–Trinajstić information content (AvgIpc) is 3.25. The fourth-order valence-electron chi connectivity index (χ4n) is 4.50. The van der Waals surface area contributed by atoms with Crippen molar-refractivity contribution in [3.8, 4) is 0 Å². The molecule has 3 nitrogen and oxygen atoms in total. The lowest BCUT2D eigenvalue weighted by atomic mass is 9.86. The minimum absolute atomic E-state index is 0.00341. The molecule has 3 heteroatoms. The van der Waals surface area contributed by atoms with Gasteiger partial charge in [-0.15, -0.1) is 0 Å². The second kappa shape index (κ2) is 10.2. The number of hydrogen-bond acceptors (Lipinski definition) is 3. The summed E-state index contributed by atoms with van der Waals surface area (Å²) in [7, 11) is 0. The molecule has 1 heterocycles. The van der Waals surface area contributed by atoms with Crippen molar-refractivity contribution in [3.63, 3.8) is 0 Å². The molecular weight excluding hydrogens is 406 g/mol. The Morgan fingerprint density at radius 3 is 2.00 bits per heavy atom. The van der Waals surface area contributed by atoms with Crippen LogP contribution in [0.1, 0.15) is 49.9 Å². The minimum Gasteiger partial charge on any atom is -0.339 e. The number of ether oxygens (including phenoxy) is 2. The third kappa shape index (κ3) is 5.73. The lowest BCUT2D eigenvalue weighted by Crippen LogP contribution is -2.34. The fourth-order valence-corrected chi connectivity index (χ4v) is 4.50. The van der Waals surface area contributed by atoms with Crippen LogP contribution in [-0.4, -0.2) is 25.8 Å². The molecule has 1 saturated heterocycles. The average molecular weight is 444 g/mol. The smallest absolute Gasteiger partial charge is 0.222 e. The van der Waals surface area contributed by atoms with E-state index in [0.29, 0.717) is 12.5 Å². The van der Waals surface area contributed by atoms with E-state index in [4.69, 9.17) is 9.47 Å². The fraction of sp³-hybridized carbons (Fsp3) is 0.400. The van der Waals surface area contributed by atoms with Crippen LogP contribution in [0.3, 0.4) is 0 Å². The molecule has 2 unspecified atom stereocenters. The molecule has 0 radical (unpaired) electrons. The highest BCUT2D eigenvalue weighted by Gasteiger charge is 2.44. The predicted octanol–water partition coefficient (Wildman–Crippen LogP) is 6.07.